The molecule has 0 saturated carbocycles. The minimum atomic E-state index is -3.79. The molecular formula is C26H25N3O4S. The number of nitrogens with zero attached hydrogens (tertiary/aromatic N) is 3. The van der Waals surface area contributed by atoms with E-state index < -0.39 is 10.0 Å². The lowest BCUT2D eigenvalue weighted by atomic mass is 9.96. The van der Waals surface area contributed by atoms with Crippen LogP contribution in [0.5, 0.6) is 0 Å². The molecule has 1 aliphatic heterocycles. The smallest absolute Gasteiger partial charge is 0.264 e. The molecule has 0 spiro atoms. The summed E-state index contributed by atoms with van der Waals surface area (Å²) in [6, 6.07) is 22.8. The van der Waals surface area contributed by atoms with Gasteiger partial charge in [0, 0.05) is 31.6 Å². The lowest BCUT2D eigenvalue weighted by molar-refractivity contribution is 0.0706. The molecule has 3 aromatic carbocycles. The second kappa shape index (κ2) is 8.95. The van der Waals surface area contributed by atoms with Crippen LogP contribution in [-0.2, 0) is 10.0 Å². The van der Waals surface area contributed by atoms with Crippen molar-refractivity contribution >= 4 is 32.7 Å². The summed E-state index contributed by atoms with van der Waals surface area (Å²) in [5, 5.41) is 0. The first-order valence-corrected chi connectivity index (χ1v) is 12.7. The number of carbonyl (C=O) groups excluding carboxylic acids is 1. The second-order valence-electron chi connectivity index (χ2n) is 8.42. The number of anilines is 1. The number of fused-ring (bicyclic) bond motifs is 1. The van der Waals surface area contributed by atoms with E-state index in [-0.39, 0.29) is 16.7 Å². The minimum Gasteiger partial charge on any atom is -0.440 e. The third-order valence-electron chi connectivity index (χ3n) is 6.30. The SMILES string of the molecule is CN(c1ccccc1)S(=O)(=O)c1cccc(C(=O)N2CCC(c3nc4ccccc4o3)CC2)c1. The van der Waals surface area contributed by atoms with Crippen molar-refractivity contribution in [1.82, 2.24) is 9.88 Å². The molecule has 0 radical (unpaired) electrons. The van der Waals surface area contributed by atoms with Crippen LogP contribution in [0.4, 0.5) is 5.69 Å². The fourth-order valence-electron chi connectivity index (χ4n) is 4.30. The molecule has 0 unspecified atom stereocenters. The maximum atomic E-state index is 13.2. The Morgan fingerprint density at radius 2 is 1.68 bits per heavy atom. The molecule has 0 bridgehead atoms. The molecular weight excluding hydrogens is 450 g/mol. The van der Waals surface area contributed by atoms with Gasteiger partial charge in [0.05, 0.1) is 10.6 Å². The fraction of sp³-hybridized carbons (Fsp3) is 0.231. The van der Waals surface area contributed by atoms with E-state index in [1.54, 1.807) is 41.3 Å². The number of hydrogen-bond acceptors (Lipinski definition) is 5. The number of rotatable bonds is 5. The number of carbonyl (C=O) groups is 1. The van der Waals surface area contributed by atoms with E-state index in [1.807, 2.05) is 30.3 Å². The molecule has 1 fully saturated rings. The van der Waals surface area contributed by atoms with Gasteiger partial charge in [-0.15, -0.1) is 0 Å². The zero-order valence-corrected chi connectivity index (χ0v) is 19.6. The Balaban J connectivity index is 1.29. The lowest BCUT2D eigenvalue weighted by Crippen LogP contribution is -2.38. The summed E-state index contributed by atoms with van der Waals surface area (Å²) >= 11 is 0. The summed E-state index contributed by atoms with van der Waals surface area (Å²) in [4.78, 5) is 19.6. The molecule has 1 aromatic heterocycles. The van der Waals surface area contributed by atoms with Crippen molar-refractivity contribution in [1.29, 1.82) is 0 Å². The highest BCUT2D eigenvalue weighted by Gasteiger charge is 2.29. The Labute approximate surface area is 198 Å². The molecule has 0 atom stereocenters. The summed E-state index contributed by atoms with van der Waals surface area (Å²) < 4.78 is 33.4. The van der Waals surface area contributed by atoms with Crippen molar-refractivity contribution < 1.29 is 17.6 Å². The first-order chi connectivity index (χ1) is 16.4. The number of aromatic nitrogens is 1. The quantitative estimate of drug-likeness (QED) is 0.419. The van der Waals surface area contributed by atoms with Crippen molar-refractivity contribution in [3.8, 4) is 0 Å². The predicted molar refractivity (Wildman–Crippen MR) is 130 cm³/mol. The Hall–Kier alpha value is -3.65. The Morgan fingerprint density at radius 3 is 2.41 bits per heavy atom. The first kappa shape index (κ1) is 22.2. The van der Waals surface area contributed by atoms with E-state index in [4.69, 9.17) is 4.42 Å². The summed E-state index contributed by atoms with van der Waals surface area (Å²) in [6.45, 7) is 1.12. The zero-order valence-electron chi connectivity index (χ0n) is 18.8. The van der Waals surface area contributed by atoms with Crippen LogP contribution < -0.4 is 4.31 Å². The average molecular weight is 476 g/mol. The van der Waals surface area contributed by atoms with Gasteiger partial charge in [-0.2, -0.15) is 0 Å². The molecule has 2 heterocycles. The van der Waals surface area contributed by atoms with E-state index in [0.717, 1.165) is 23.9 Å². The lowest BCUT2D eigenvalue weighted by Gasteiger charge is -2.30. The maximum absolute atomic E-state index is 13.2. The van der Waals surface area contributed by atoms with E-state index >= 15 is 0 Å². The van der Waals surface area contributed by atoms with Crippen LogP contribution in [-0.4, -0.2) is 44.3 Å². The van der Waals surface area contributed by atoms with Gasteiger partial charge < -0.3 is 9.32 Å². The number of likely N-dealkylation sites (tertiary alicyclic amines) is 1. The third-order valence-corrected chi connectivity index (χ3v) is 8.08. The fourth-order valence-corrected chi connectivity index (χ4v) is 5.54. The molecule has 174 valence electrons. The van der Waals surface area contributed by atoms with Crippen LogP contribution >= 0.6 is 0 Å². The second-order valence-corrected chi connectivity index (χ2v) is 10.4. The summed E-state index contributed by atoms with van der Waals surface area (Å²) in [7, 11) is -2.28. The highest BCUT2D eigenvalue weighted by Crippen LogP contribution is 2.31. The molecule has 0 N–H and O–H groups in total. The van der Waals surface area contributed by atoms with Gasteiger partial charge in [0.1, 0.15) is 5.52 Å². The van der Waals surface area contributed by atoms with Crippen molar-refractivity contribution in [2.24, 2.45) is 0 Å². The number of sulfonamides is 1. The summed E-state index contributed by atoms with van der Waals surface area (Å²) in [6.07, 6.45) is 1.49. The molecule has 1 amide bonds. The van der Waals surface area contributed by atoms with Crippen molar-refractivity contribution in [2.75, 3.05) is 24.4 Å². The standard InChI is InChI=1S/C26H25N3O4S/c1-28(21-9-3-2-4-10-21)34(31,32)22-11-7-8-20(18-22)26(30)29-16-14-19(15-17-29)25-27-23-12-5-6-13-24(23)33-25/h2-13,18-19H,14-17H2,1H3. The largest absolute Gasteiger partial charge is 0.440 e. The highest BCUT2D eigenvalue weighted by atomic mass is 32.2. The molecule has 1 saturated heterocycles. The van der Waals surface area contributed by atoms with Gasteiger partial charge >= 0.3 is 0 Å². The molecule has 5 rings (SSSR count). The number of benzene rings is 3. The zero-order chi connectivity index (χ0) is 23.7. The van der Waals surface area contributed by atoms with Gasteiger partial charge in [-0.1, -0.05) is 36.4 Å². The van der Waals surface area contributed by atoms with Crippen molar-refractivity contribution in [3.63, 3.8) is 0 Å². The van der Waals surface area contributed by atoms with E-state index in [2.05, 4.69) is 4.98 Å². The van der Waals surface area contributed by atoms with Gasteiger partial charge in [0.2, 0.25) is 0 Å². The predicted octanol–water partition coefficient (Wildman–Crippen LogP) is 4.67. The third kappa shape index (κ3) is 4.17. The van der Waals surface area contributed by atoms with Gasteiger partial charge in [0.15, 0.2) is 11.5 Å². The normalized spacial score (nSPS) is 14.9. The number of oxazole rings is 1. The molecule has 1 aliphatic rings. The van der Waals surface area contributed by atoms with Crippen LogP contribution in [0.2, 0.25) is 0 Å². The number of amides is 1. The summed E-state index contributed by atoms with van der Waals surface area (Å²) in [5.41, 5.74) is 2.53. The van der Waals surface area contributed by atoms with Gasteiger partial charge in [-0.05, 0) is 55.3 Å². The first-order valence-electron chi connectivity index (χ1n) is 11.2. The van der Waals surface area contributed by atoms with Gasteiger partial charge in [-0.3, -0.25) is 9.10 Å². The Bertz CT molecular complexity index is 1390. The minimum absolute atomic E-state index is 0.0889. The van der Waals surface area contributed by atoms with Crippen LogP contribution in [0.3, 0.4) is 0 Å². The van der Waals surface area contributed by atoms with Gasteiger partial charge in [-0.25, -0.2) is 13.4 Å². The molecule has 34 heavy (non-hydrogen) atoms. The van der Waals surface area contributed by atoms with Crippen molar-refractivity contribution in [3.05, 3.63) is 90.3 Å². The topological polar surface area (TPSA) is 83.7 Å². The molecule has 4 aromatic rings. The molecule has 0 aliphatic carbocycles. The van der Waals surface area contributed by atoms with Crippen LogP contribution in [0, 0.1) is 0 Å². The van der Waals surface area contributed by atoms with Crippen LogP contribution in [0.25, 0.3) is 11.1 Å². The van der Waals surface area contributed by atoms with Crippen molar-refractivity contribution in [2.45, 2.75) is 23.7 Å². The maximum Gasteiger partial charge on any atom is 0.264 e. The number of para-hydroxylation sites is 3. The Morgan fingerprint density at radius 1 is 0.971 bits per heavy atom. The summed E-state index contributed by atoms with van der Waals surface area (Å²) in [5.74, 6) is 0.698. The van der Waals surface area contributed by atoms with E-state index in [9.17, 15) is 13.2 Å². The molecule has 7 nitrogen and oxygen atoms in total. The van der Waals surface area contributed by atoms with E-state index in [0.29, 0.717) is 30.2 Å². The van der Waals surface area contributed by atoms with E-state index in [1.165, 1.54) is 23.5 Å². The van der Waals surface area contributed by atoms with Gasteiger partial charge in [0.25, 0.3) is 15.9 Å². The van der Waals surface area contributed by atoms with Crippen LogP contribution in [0.1, 0.15) is 35.0 Å². The Kier molecular flexibility index (Phi) is 5.83. The van der Waals surface area contributed by atoms with Crippen LogP contribution in [0.15, 0.2) is 88.2 Å². The molecule has 8 heteroatoms. The number of piperidine rings is 1. The average Bonchev–Trinajstić information content (AvgIpc) is 3.33. The number of hydrogen-bond donors (Lipinski definition) is 0. The highest BCUT2D eigenvalue weighted by molar-refractivity contribution is 7.92. The monoisotopic (exact) mass is 475 g/mol.